The van der Waals surface area contributed by atoms with Crippen LogP contribution in [0.5, 0.6) is 0 Å². The lowest BCUT2D eigenvalue weighted by molar-refractivity contribution is -0.117. The van der Waals surface area contributed by atoms with Gasteiger partial charge in [0.05, 0.1) is 17.6 Å². The van der Waals surface area contributed by atoms with Crippen molar-refractivity contribution in [3.63, 3.8) is 0 Å². The van der Waals surface area contributed by atoms with Gasteiger partial charge in [0.1, 0.15) is 6.04 Å². The van der Waals surface area contributed by atoms with Crippen LogP contribution in [-0.4, -0.2) is 20.7 Å². The summed E-state index contributed by atoms with van der Waals surface area (Å²) in [4.78, 5) is 16.6. The SMILES string of the molecule is Cc1cc(C)n(-c2ccc(NC(=O)[C@H](N)c3ccccc3)cn2)n1. The first-order valence-electron chi connectivity index (χ1n) is 7.65. The van der Waals surface area contributed by atoms with E-state index in [-0.39, 0.29) is 5.91 Å². The minimum atomic E-state index is -0.720. The maximum atomic E-state index is 12.2. The van der Waals surface area contributed by atoms with Gasteiger partial charge >= 0.3 is 0 Å². The van der Waals surface area contributed by atoms with Crippen molar-refractivity contribution < 1.29 is 4.79 Å². The van der Waals surface area contributed by atoms with Gasteiger partial charge in [-0.25, -0.2) is 9.67 Å². The predicted molar refractivity (Wildman–Crippen MR) is 92.8 cm³/mol. The van der Waals surface area contributed by atoms with Crippen molar-refractivity contribution >= 4 is 11.6 Å². The molecule has 0 aliphatic rings. The molecule has 1 amide bonds. The van der Waals surface area contributed by atoms with Crippen molar-refractivity contribution in [2.24, 2.45) is 5.73 Å². The molecule has 122 valence electrons. The second-order valence-corrected chi connectivity index (χ2v) is 5.62. The van der Waals surface area contributed by atoms with Gasteiger partial charge in [-0.3, -0.25) is 4.79 Å². The van der Waals surface area contributed by atoms with Crippen LogP contribution in [0.15, 0.2) is 54.7 Å². The maximum absolute atomic E-state index is 12.2. The van der Waals surface area contributed by atoms with Crippen LogP contribution in [0.2, 0.25) is 0 Å². The third-order valence-electron chi connectivity index (χ3n) is 3.68. The minimum Gasteiger partial charge on any atom is -0.323 e. The van der Waals surface area contributed by atoms with E-state index in [0.717, 1.165) is 17.0 Å². The summed E-state index contributed by atoms with van der Waals surface area (Å²) in [5, 5.41) is 7.17. The van der Waals surface area contributed by atoms with Gasteiger partial charge in [-0.15, -0.1) is 0 Å². The second kappa shape index (κ2) is 6.64. The molecule has 0 aliphatic carbocycles. The van der Waals surface area contributed by atoms with Gasteiger partial charge in [-0.2, -0.15) is 5.10 Å². The second-order valence-electron chi connectivity index (χ2n) is 5.62. The van der Waals surface area contributed by atoms with E-state index in [4.69, 9.17) is 5.73 Å². The van der Waals surface area contributed by atoms with E-state index in [1.807, 2.05) is 56.3 Å². The highest BCUT2D eigenvalue weighted by molar-refractivity contribution is 5.95. The topological polar surface area (TPSA) is 85.8 Å². The number of hydrogen-bond donors (Lipinski definition) is 2. The largest absolute Gasteiger partial charge is 0.323 e. The Kier molecular flexibility index (Phi) is 4.39. The quantitative estimate of drug-likeness (QED) is 0.773. The van der Waals surface area contributed by atoms with Crippen molar-refractivity contribution in [2.45, 2.75) is 19.9 Å². The molecule has 6 heteroatoms. The molecule has 0 saturated heterocycles. The summed E-state index contributed by atoms with van der Waals surface area (Å²) < 4.78 is 1.76. The highest BCUT2D eigenvalue weighted by Gasteiger charge is 2.15. The van der Waals surface area contributed by atoms with Crippen LogP contribution < -0.4 is 11.1 Å². The van der Waals surface area contributed by atoms with E-state index in [2.05, 4.69) is 15.4 Å². The summed E-state index contributed by atoms with van der Waals surface area (Å²) >= 11 is 0. The van der Waals surface area contributed by atoms with E-state index >= 15 is 0 Å². The Morgan fingerprint density at radius 2 is 1.92 bits per heavy atom. The number of benzene rings is 1. The molecule has 24 heavy (non-hydrogen) atoms. The first-order valence-corrected chi connectivity index (χ1v) is 7.65. The lowest BCUT2D eigenvalue weighted by atomic mass is 10.1. The number of nitrogens with one attached hydrogen (secondary N) is 1. The van der Waals surface area contributed by atoms with Gasteiger partial charge in [0.15, 0.2) is 5.82 Å². The summed E-state index contributed by atoms with van der Waals surface area (Å²) in [7, 11) is 0. The molecule has 6 nitrogen and oxygen atoms in total. The van der Waals surface area contributed by atoms with E-state index in [1.54, 1.807) is 16.9 Å². The zero-order valence-electron chi connectivity index (χ0n) is 13.6. The van der Waals surface area contributed by atoms with Gasteiger partial charge in [0, 0.05) is 5.69 Å². The number of rotatable bonds is 4. The lowest BCUT2D eigenvalue weighted by Crippen LogP contribution is -2.27. The average Bonchev–Trinajstić information content (AvgIpc) is 2.94. The molecule has 0 fully saturated rings. The molecule has 0 bridgehead atoms. The molecule has 0 radical (unpaired) electrons. The van der Waals surface area contributed by atoms with E-state index in [0.29, 0.717) is 11.5 Å². The van der Waals surface area contributed by atoms with Crippen LogP contribution in [0.3, 0.4) is 0 Å². The molecule has 1 aromatic carbocycles. The zero-order chi connectivity index (χ0) is 17.1. The Hall–Kier alpha value is -2.99. The molecule has 2 aromatic heterocycles. The number of carbonyl (C=O) groups excluding carboxylic acids is 1. The lowest BCUT2D eigenvalue weighted by Gasteiger charge is -2.12. The molecule has 3 N–H and O–H groups in total. The van der Waals surface area contributed by atoms with Crippen molar-refractivity contribution in [2.75, 3.05) is 5.32 Å². The molecule has 0 aliphatic heterocycles. The Labute approximate surface area is 140 Å². The molecular weight excluding hydrogens is 302 g/mol. The van der Waals surface area contributed by atoms with Gasteiger partial charge in [-0.1, -0.05) is 30.3 Å². The fourth-order valence-corrected chi connectivity index (χ4v) is 2.48. The molecule has 0 unspecified atom stereocenters. The number of hydrogen-bond acceptors (Lipinski definition) is 4. The maximum Gasteiger partial charge on any atom is 0.245 e. The van der Waals surface area contributed by atoms with Crippen molar-refractivity contribution in [1.82, 2.24) is 14.8 Å². The van der Waals surface area contributed by atoms with Crippen LogP contribution in [0, 0.1) is 13.8 Å². The molecule has 1 atom stereocenters. The normalized spacial score (nSPS) is 12.0. The van der Waals surface area contributed by atoms with E-state index in [1.165, 1.54) is 0 Å². The molecule has 2 heterocycles. The van der Waals surface area contributed by atoms with Crippen molar-refractivity contribution in [3.05, 3.63) is 71.7 Å². The van der Waals surface area contributed by atoms with Crippen LogP contribution in [0.4, 0.5) is 5.69 Å². The van der Waals surface area contributed by atoms with Gasteiger partial charge in [0.25, 0.3) is 0 Å². The summed E-state index contributed by atoms with van der Waals surface area (Å²) in [6.45, 7) is 3.90. The fraction of sp³-hybridized carbons (Fsp3) is 0.167. The summed E-state index contributed by atoms with van der Waals surface area (Å²) in [5.74, 6) is 0.424. The highest BCUT2D eigenvalue weighted by Crippen LogP contribution is 2.15. The Bertz CT molecular complexity index is 840. The van der Waals surface area contributed by atoms with Crippen molar-refractivity contribution in [1.29, 1.82) is 0 Å². The number of nitrogens with two attached hydrogens (primary N) is 1. The zero-order valence-corrected chi connectivity index (χ0v) is 13.6. The number of aromatic nitrogens is 3. The minimum absolute atomic E-state index is 0.276. The molecule has 3 rings (SSSR count). The van der Waals surface area contributed by atoms with E-state index in [9.17, 15) is 4.79 Å². The average molecular weight is 321 g/mol. The first kappa shape index (κ1) is 15.9. The monoisotopic (exact) mass is 321 g/mol. The van der Waals surface area contributed by atoms with Gasteiger partial charge in [0.2, 0.25) is 5.91 Å². The molecule has 0 saturated carbocycles. The number of nitrogens with zero attached hydrogens (tertiary/aromatic N) is 3. The first-order chi connectivity index (χ1) is 11.5. The molecule has 0 spiro atoms. The Morgan fingerprint density at radius 1 is 1.17 bits per heavy atom. The molecular formula is C18H19N5O. The smallest absolute Gasteiger partial charge is 0.245 e. The Morgan fingerprint density at radius 3 is 2.50 bits per heavy atom. The predicted octanol–water partition coefficient (Wildman–Crippen LogP) is 2.52. The number of aryl methyl sites for hydroxylation is 2. The third-order valence-corrected chi connectivity index (χ3v) is 3.68. The highest BCUT2D eigenvalue weighted by atomic mass is 16.2. The summed E-state index contributed by atoms with van der Waals surface area (Å²) in [6.07, 6.45) is 1.60. The number of anilines is 1. The Balaban J connectivity index is 1.72. The van der Waals surface area contributed by atoms with Gasteiger partial charge in [-0.05, 0) is 37.6 Å². The van der Waals surface area contributed by atoms with Crippen LogP contribution >= 0.6 is 0 Å². The number of pyridine rings is 1. The van der Waals surface area contributed by atoms with Crippen LogP contribution in [0.25, 0.3) is 5.82 Å². The van der Waals surface area contributed by atoms with Crippen LogP contribution in [-0.2, 0) is 4.79 Å². The number of amides is 1. The number of carbonyl (C=O) groups is 1. The third kappa shape index (κ3) is 3.33. The summed E-state index contributed by atoms with van der Waals surface area (Å²) in [5.41, 5.74) is 9.28. The van der Waals surface area contributed by atoms with Gasteiger partial charge < -0.3 is 11.1 Å². The summed E-state index contributed by atoms with van der Waals surface area (Å²) in [6, 6.07) is 14.1. The van der Waals surface area contributed by atoms with E-state index < -0.39 is 6.04 Å². The fourth-order valence-electron chi connectivity index (χ4n) is 2.48. The van der Waals surface area contributed by atoms with Crippen molar-refractivity contribution in [3.8, 4) is 5.82 Å². The standard InChI is InChI=1S/C18H19N5O/c1-12-10-13(2)23(22-12)16-9-8-15(11-20-16)21-18(24)17(19)14-6-4-3-5-7-14/h3-11,17H,19H2,1-2H3,(H,21,24)/t17-/m1/s1. The molecule has 3 aromatic rings. The van der Waals surface area contributed by atoms with Crippen LogP contribution in [0.1, 0.15) is 23.0 Å².